The number of ether oxygens (including phenoxy) is 1. The number of thiazole rings is 1. The van der Waals surface area contributed by atoms with Crippen molar-refractivity contribution in [2.45, 2.75) is 6.92 Å². The SMILES string of the molecule is CCOC(=O)N1CCN(c2ccc3scnc3c2N)CC1. The van der Waals surface area contributed by atoms with Crippen LogP contribution in [0.25, 0.3) is 10.2 Å². The Morgan fingerprint density at radius 1 is 1.38 bits per heavy atom. The molecular formula is C14H18N4O2S. The van der Waals surface area contributed by atoms with Gasteiger partial charge < -0.3 is 20.3 Å². The Balaban J connectivity index is 1.73. The van der Waals surface area contributed by atoms with E-state index in [0.29, 0.717) is 19.7 Å². The van der Waals surface area contributed by atoms with Gasteiger partial charge in [0, 0.05) is 26.2 Å². The normalized spacial score (nSPS) is 15.5. The van der Waals surface area contributed by atoms with E-state index in [1.165, 1.54) is 0 Å². The number of nitrogen functional groups attached to an aromatic ring is 1. The molecule has 1 saturated heterocycles. The van der Waals surface area contributed by atoms with Gasteiger partial charge in [-0.25, -0.2) is 9.78 Å². The Kier molecular flexibility index (Phi) is 3.83. The van der Waals surface area contributed by atoms with E-state index in [0.717, 1.165) is 34.7 Å². The molecule has 0 spiro atoms. The second kappa shape index (κ2) is 5.77. The molecule has 1 aromatic carbocycles. The van der Waals surface area contributed by atoms with Crippen LogP contribution in [-0.4, -0.2) is 48.8 Å². The van der Waals surface area contributed by atoms with E-state index in [1.807, 2.05) is 18.5 Å². The molecule has 1 amide bonds. The Hall–Kier alpha value is -2.02. The van der Waals surface area contributed by atoms with Crippen LogP contribution < -0.4 is 10.6 Å². The van der Waals surface area contributed by atoms with Gasteiger partial charge in [-0.05, 0) is 19.1 Å². The first-order valence-electron chi connectivity index (χ1n) is 6.99. The Morgan fingerprint density at radius 3 is 2.86 bits per heavy atom. The van der Waals surface area contributed by atoms with E-state index in [1.54, 1.807) is 16.2 Å². The number of hydrogen-bond donors (Lipinski definition) is 1. The van der Waals surface area contributed by atoms with Gasteiger partial charge in [-0.1, -0.05) is 0 Å². The standard InChI is InChI=1S/C14H18N4O2S/c1-2-20-14(19)18-7-5-17(6-8-18)10-3-4-11-13(12(10)15)16-9-21-11/h3-4,9H,2,5-8,15H2,1H3. The molecular weight excluding hydrogens is 288 g/mol. The minimum Gasteiger partial charge on any atom is -0.450 e. The van der Waals surface area contributed by atoms with Crippen LogP contribution in [0.4, 0.5) is 16.2 Å². The summed E-state index contributed by atoms with van der Waals surface area (Å²) in [6.07, 6.45) is -0.236. The summed E-state index contributed by atoms with van der Waals surface area (Å²) < 4.78 is 6.13. The van der Waals surface area contributed by atoms with Gasteiger partial charge in [-0.15, -0.1) is 11.3 Å². The lowest BCUT2D eigenvalue weighted by molar-refractivity contribution is 0.105. The molecule has 2 aromatic rings. The number of nitrogens with zero attached hydrogens (tertiary/aromatic N) is 3. The summed E-state index contributed by atoms with van der Waals surface area (Å²) in [6.45, 7) is 5.02. The van der Waals surface area contributed by atoms with Gasteiger partial charge >= 0.3 is 6.09 Å². The molecule has 7 heteroatoms. The lowest BCUT2D eigenvalue weighted by atomic mass is 10.2. The summed E-state index contributed by atoms with van der Waals surface area (Å²) in [4.78, 5) is 20.0. The maximum Gasteiger partial charge on any atom is 0.409 e. The van der Waals surface area contributed by atoms with E-state index in [2.05, 4.69) is 16.0 Å². The van der Waals surface area contributed by atoms with Crippen molar-refractivity contribution in [3.8, 4) is 0 Å². The predicted octanol–water partition coefficient (Wildman–Crippen LogP) is 2.16. The molecule has 0 aliphatic carbocycles. The molecule has 1 aromatic heterocycles. The van der Waals surface area contributed by atoms with Gasteiger partial charge in [0.1, 0.15) is 5.52 Å². The van der Waals surface area contributed by atoms with Crippen LogP contribution in [-0.2, 0) is 4.74 Å². The van der Waals surface area contributed by atoms with Crippen molar-refractivity contribution in [3.63, 3.8) is 0 Å². The van der Waals surface area contributed by atoms with Crippen LogP contribution >= 0.6 is 11.3 Å². The summed E-state index contributed by atoms with van der Waals surface area (Å²) >= 11 is 1.59. The van der Waals surface area contributed by atoms with Crippen LogP contribution in [0.3, 0.4) is 0 Å². The summed E-state index contributed by atoms with van der Waals surface area (Å²) in [5, 5.41) is 0. The Labute approximate surface area is 127 Å². The lowest BCUT2D eigenvalue weighted by Crippen LogP contribution is -2.49. The molecule has 3 rings (SSSR count). The number of nitrogens with two attached hydrogens (primary N) is 1. The highest BCUT2D eigenvalue weighted by molar-refractivity contribution is 7.16. The number of anilines is 2. The number of benzene rings is 1. The quantitative estimate of drug-likeness (QED) is 0.861. The number of amides is 1. The largest absolute Gasteiger partial charge is 0.450 e. The van der Waals surface area contributed by atoms with Crippen LogP contribution in [0, 0.1) is 0 Å². The van der Waals surface area contributed by atoms with Gasteiger partial charge in [0.25, 0.3) is 0 Å². The zero-order chi connectivity index (χ0) is 14.8. The third-order valence-electron chi connectivity index (χ3n) is 3.66. The van der Waals surface area contributed by atoms with Crippen molar-refractivity contribution >= 4 is 39.0 Å². The fourth-order valence-electron chi connectivity index (χ4n) is 2.56. The van der Waals surface area contributed by atoms with Crippen molar-refractivity contribution in [3.05, 3.63) is 17.6 Å². The summed E-state index contributed by atoms with van der Waals surface area (Å²) in [5.41, 5.74) is 10.6. The average Bonchev–Trinajstić information content (AvgIpc) is 2.98. The minimum atomic E-state index is -0.236. The molecule has 21 heavy (non-hydrogen) atoms. The van der Waals surface area contributed by atoms with Crippen molar-refractivity contribution in [2.75, 3.05) is 43.4 Å². The number of rotatable bonds is 2. The van der Waals surface area contributed by atoms with E-state index in [9.17, 15) is 4.79 Å². The Bertz CT molecular complexity index is 649. The van der Waals surface area contributed by atoms with E-state index in [-0.39, 0.29) is 6.09 Å². The third-order valence-corrected chi connectivity index (χ3v) is 4.46. The summed E-state index contributed by atoms with van der Waals surface area (Å²) in [6, 6.07) is 4.09. The van der Waals surface area contributed by atoms with Crippen molar-refractivity contribution in [2.24, 2.45) is 0 Å². The highest BCUT2D eigenvalue weighted by Gasteiger charge is 2.23. The van der Waals surface area contributed by atoms with E-state index >= 15 is 0 Å². The Morgan fingerprint density at radius 2 is 2.14 bits per heavy atom. The van der Waals surface area contributed by atoms with Gasteiger partial charge in [-0.2, -0.15) is 0 Å². The molecule has 2 N–H and O–H groups in total. The van der Waals surface area contributed by atoms with E-state index in [4.69, 9.17) is 10.5 Å². The second-order valence-electron chi connectivity index (χ2n) is 4.87. The van der Waals surface area contributed by atoms with Gasteiger partial charge in [0.05, 0.1) is 28.2 Å². The molecule has 0 bridgehead atoms. The average molecular weight is 306 g/mol. The summed E-state index contributed by atoms with van der Waals surface area (Å²) in [7, 11) is 0. The molecule has 1 aliphatic rings. The fraction of sp³-hybridized carbons (Fsp3) is 0.429. The monoisotopic (exact) mass is 306 g/mol. The zero-order valence-electron chi connectivity index (χ0n) is 11.9. The molecule has 0 saturated carbocycles. The fourth-order valence-corrected chi connectivity index (χ4v) is 3.25. The van der Waals surface area contributed by atoms with Crippen LogP contribution in [0.1, 0.15) is 6.92 Å². The molecule has 1 fully saturated rings. The first-order valence-corrected chi connectivity index (χ1v) is 7.87. The van der Waals surface area contributed by atoms with Crippen molar-refractivity contribution in [1.29, 1.82) is 0 Å². The molecule has 112 valence electrons. The first kappa shape index (κ1) is 13.9. The predicted molar refractivity (Wildman–Crippen MR) is 84.8 cm³/mol. The number of piperazine rings is 1. The molecule has 2 heterocycles. The van der Waals surface area contributed by atoms with Crippen LogP contribution in [0.2, 0.25) is 0 Å². The number of carbonyl (C=O) groups is 1. The molecule has 0 atom stereocenters. The number of carbonyl (C=O) groups excluding carboxylic acids is 1. The lowest BCUT2D eigenvalue weighted by Gasteiger charge is -2.35. The maximum atomic E-state index is 11.7. The maximum absolute atomic E-state index is 11.7. The molecule has 0 radical (unpaired) electrons. The zero-order valence-corrected chi connectivity index (χ0v) is 12.7. The van der Waals surface area contributed by atoms with Gasteiger partial charge in [0.15, 0.2) is 0 Å². The molecule has 0 unspecified atom stereocenters. The van der Waals surface area contributed by atoms with Crippen molar-refractivity contribution in [1.82, 2.24) is 9.88 Å². The first-order chi connectivity index (χ1) is 10.2. The molecule has 1 aliphatic heterocycles. The number of aromatic nitrogens is 1. The number of fused-ring (bicyclic) bond motifs is 1. The second-order valence-corrected chi connectivity index (χ2v) is 5.76. The highest BCUT2D eigenvalue weighted by atomic mass is 32.1. The highest BCUT2D eigenvalue weighted by Crippen LogP contribution is 2.32. The third kappa shape index (κ3) is 2.61. The number of hydrogen-bond acceptors (Lipinski definition) is 6. The van der Waals surface area contributed by atoms with Crippen LogP contribution in [0.5, 0.6) is 0 Å². The minimum absolute atomic E-state index is 0.236. The van der Waals surface area contributed by atoms with E-state index < -0.39 is 0 Å². The van der Waals surface area contributed by atoms with Gasteiger partial charge in [-0.3, -0.25) is 0 Å². The van der Waals surface area contributed by atoms with Gasteiger partial charge in [0.2, 0.25) is 0 Å². The molecule has 6 nitrogen and oxygen atoms in total. The summed E-state index contributed by atoms with van der Waals surface area (Å²) in [5.74, 6) is 0. The smallest absolute Gasteiger partial charge is 0.409 e. The topological polar surface area (TPSA) is 71.7 Å². The van der Waals surface area contributed by atoms with Crippen LogP contribution in [0.15, 0.2) is 17.6 Å². The van der Waals surface area contributed by atoms with Crippen molar-refractivity contribution < 1.29 is 9.53 Å².